The Morgan fingerprint density at radius 2 is 1.29 bits per heavy atom. The van der Waals surface area contributed by atoms with E-state index in [9.17, 15) is 0 Å². The molecule has 28 heavy (non-hydrogen) atoms. The molecule has 0 radical (unpaired) electrons. The molecule has 0 fully saturated rings. The number of hydrogen-bond acceptors (Lipinski definition) is 0. The van der Waals surface area contributed by atoms with Crippen LogP contribution in [0.4, 0.5) is 0 Å². The molecule has 0 saturated heterocycles. The van der Waals surface area contributed by atoms with E-state index in [1.54, 1.807) is 0 Å². The lowest BCUT2D eigenvalue weighted by atomic mass is 9.98. The summed E-state index contributed by atoms with van der Waals surface area (Å²) in [6.07, 6.45) is 13.8. The normalized spacial score (nSPS) is 11.2. The average Bonchev–Trinajstić information content (AvgIpc) is 2.76. The molecule has 0 saturated carbocycles. The van der Waals surface area contributed by atoms with Gasteiger partial charge in [0.2, 0.25) is 0 Å². The fourth-order valence-electron chi connectivity index (χ4n) is 3.61. The van der Waals surface area contributed by atoms with E-state index in [-0.39, 0.29) is 0 Å². The van der Waals surface area contributed by atoms with Crippen molar-refractivity contribution >= 4 is 12.2 Å². The van der Waals surface area contributed by atoms with Crippen LogP contribution in [0.3, 0.4) is 0 Å². The quantitative estimate of drug-likeness (QED) is 0.249. The van der Waals surface area contributed by atoms with E-state index in [0.29, 0.717) is 0 Å². The first kappa shape index (κ1) is 20.1. The summed E-state index contributed by atoms with van der Waals surface area (Å²) in [5.41, 5.74) is 6.51. The summed E-state index contributed by atoms with van der Waals surface area (Å²) in [6, 6.07) is 28.3. The minimum absolute atomic E-state index is 1.20. The second-order valence-corrected chi connectivity index (χ2v) is 7.55. The monoisotopic (exact) mass is 368 g/mol. The zero-order valence-corrected chi connectivity index (χ0v) is 17.1. The SMILES string of the molecule is CCCCCCCCc1ccc(C=Cc2ccccc2-c2ccccc2)cc1. The van der Waals surface area contributed by atoms with E-state index in [0.717, 1.165) is 0 Å². The highest BCUT2D eigenvalue weighted by atomic mass is 14.1. The zero-order chi connectivity index (χ0) is 19.4. The number of benzene rings is 3. The Hall–Kier alpha value is -2.60. The van der Waals surface area contributed by atoms with E-state index in [2.05, 4.69) is 97.9 Å². The van der Waals surface area contributed by atoms with Gasteiger partial charge < -0.3 is 0 Å². The molecular weight excluding hydrogens is 336 g/mol. The third-order valence-electron chi connectivity index (χ3n) is 5.30. The van der Waals surface area contributed by atoms with Gasteiger partial charge in [-0.05, 0) is 40.7 Å². The van der Waals surface area contributed by atoms with E-state index >= 15 is 0 Å². The van der Waals surface area contributed by atoms with Crippen LogP contribution in [0.15, 0.2) is 78.9 Å². The van der Waals surface area contributed by atoms with Crippen LogP contribution in [0.25, 0.3) is 23.3 Å². The highest BCUT2D eigenvalue weighted by Crippen LogP contribution is 2.25. The van der Waals surface area contributed by atoms with Crippen molar-refractivity contribution in [3.8, 4) is 11.1 Å². The van der Waals surface area contributed by atoms with Gasteiger partial charge in [-0.15, -0.1) is 0 Å². The molecule has 0 N–H and O–H groups in total. The average molecular weight is 369 g/mol. The number of hydrogen-bond donors (Lipinski definition) is 0. The van der Waals surface area contributed by atoms with Crippen LogP contribution < -0.4 is 0 Å². The maximum absolute atomic E-state index is 2.29. The summed E-state index contributed by atoms with van der Waals surface area (Å²) in [6.45, 7) is 2.27. The van der Waals surface area contributed by atoms with Crippen LogP contribution in [0.1, 0.15) is 62.1 Å². The van der Waals surface area contributed by atoms with Gasteiger partial charge in [0.05, 0.1) is 0 Å². The first-order valence-electron chi connectivity index (χ1n) is 10.8. The highest BCUT2D eigenvalue weighted by Gasteiger charge is 2.01. The van der Waals surface area contributed by atoms with Gasteiger partial charge in [0.1, 0.15) is 0 Å². The standard InChI is InChI=1S/C28H32/c1-2-3-4-5-6-8-13-24-18-20-25(21-19-24)22-23-27-16-11-12-17-28(27)26-14-9-7-10-15-26/h7,9-12,14-23H,2-6,8,13H2,1H3. The highest BCUT2D eigenvalue weighted by molar-refractivity contribution is 5.80. The number of unbranched alkanes of at least 4 members (excludes halogenated alkanes) is 5. The summed E-state index contributed by atoms with van der Waals surface area (Å²) >= 11 is 0. The van der Waals surface area contributed by atoms with Crippen LogP contribution in [-0.2, 0) is 6.42 Å². The van der Waals surface area contributed by atoms with Crippen LogP contribution in [-0.4, -0.2) is 0 Å². The second kappa shape index (κ2) is 11.3. The molecule has 3 aromatic rings. The van der Waals surface area contributed by atoms with Gasteiger partial charge in [0.25, 0.3) is 0 Å². The minimum Gasteiger partial charge on any atom is -0.0654 e. The summed E-state index contributed by atoms with van der Waals surface area (Å²) in [4.78, 5) is 0. The lowest BCUT2D eigenvalue weighted by Gasteiger charge is -2.06. The van der Waals surface area contributed by atoms with Gasteiger partial charge in [0.15, 0.2) is 0 Å². The molecule has 0 bridgehead atoms. The predicted molar refractivity (Wildman–Crippen MR) is 124 cm³/mol. The van der Waals surface area contributed by atoms with Crippen LogP contribution in [0.5, 0.6) is 0 Å². The molecule has 0 heteroatoms. The molecule has 3 aromatic carbocycles. The van der Waals surface area contributed by atoms with Gasteiger partial charge in [0, 0.05) is 0 Å². The zero-order valence-electron chi connectivity index (χ0n) is 17.1. The van der Waals surface area contributed by atoms with Crippen molar-refractivity contribution in [2.45, 2.75) is 51.9 Å². The Balaban J connectivity index is 1.58. The first-order chi connectivity index (χ1) is 13.9. The smallest absolute Gasteiger partial charge is 0.0111 e. The molecule has 0 aliphatic carbocycles. The topological polar surface area (TPSA) is 0 Å². The first-order valence-corrected chi connectivity index (χ1v) is 10.8. The molecule has 0 spiro atoms. The van der Waals surface area contributed by atoms with Crippen molar-refractivity contribution in [2.24, 2.45) is 0 Å². The maximum atomic E-state index is 2.29. The molecule has 0 unspecified atom stereocenters. The van der Waals surface area contributed by atoms with Crippen LogP contribution >= 0.6 is 0 Å². The Kier molecular flexibility index (Phi) is 8.12. The fraction of sp³-hybridized carbons (Fsp3) is 0.286. The van der Waals surface area contributed by atoms with Gasteiger partial charge in [-0.1, -0.05) is 130 Å². The summed E-state index contributed by atoms with van der Waals surface area (Å²) in [5.74, 6) is 0. The molecule has 0 aromatic heterocycles. The maximum Gasteiger partial charge on any atom is -0.0111 e. The lowest BCUT2D eigenvalue weighted by Crippen LogP contribution is -1.86. The van der Waals surface area contributed by atoms with E-state index < -0.39 is 0 Å². The third kappa shape index (κ3) is 6.23. The number of rotatable bonds is 10. The molecule has 0 aliphatic rings. The molecule has 0 aliphatic heterocycles. The summed E-state index contributed by atoms with van der Waals surface area (Å²) < 4.78 is 0. The lowest BCUT2D eigenvalue weighted by molar-refractivity contribution is 0.607. The van der Waals surface area contributed by atoms with Crippen LogP contribution in [0, 0.1) is 0 Å². The summed E-state index contributed by atoms with van der Waals surface area (Å²) in [7, 11) is 0. The molecular formula is C28H32. The van der Waals surface area contributed by atoms with E-state index in [1.807, 2.05) is 0 Å². The van der Waals surface area contributed by atoms with Crippen molar-refractivity contribution in [2.75, 3.05) is 0 Å². The Bertz CT molecular complexity index is 841. The molecule has 3 rings (SSSR count). The minimum atomic E-state index is 1.20. The van der Waals surface area contributed by atoms with Gasteiger partial charge in [-0.2, -0.15) is 0 Å². The fourth-order valence-corrected chi connectivity index (χ4v) is 3.61. The van der Waals surface area contributed by atoms with Crippen molar-refractivity contribution in [3.05, 3.63) is 95.6 Å². The Morgan fingerprint density at radius 3 is 2.07 bits per heavy atom. The predicted octanol–water partition coefficient (Wildman–Crippen LogP) is 8.43. The van der Waals surface area contributed by atoms with E-state index in [4.69, 9.17) is 0 Å². The Labute approximate surface area is 171 Å². The van der Waals surface area contributed by atoms with E-state index in [1.165, 1.54) is 72.8 Å². The summed E-state index contributed by atoms with van der Waals surface area (Å²) in [5, 5.41) is 0. The van der Waals surface area contributed by atoms with Crippen molar-refractivity contribution in [1.82, 2.24) is 0 Å². The molecule has 0 atom stereocenters. The number of aryl methyl sites for hydroxylation is 1. The largest absolute Gasteiger partial charge is 0.0654 e. The molecule has 0 nitrogen and oxygen atoms in total. The molecule has 0 heterocycles. The van der Waals surface area contributed by atoms with Crippen molar-refractivity contribution in [1.29, 1.82) is 0 Å². The second-order valence-electron chi connectivity index (χ2n) is 7.55. The van der Waals surface area contributed by atoms with Gasteiger partial charge >= 0.3 is 0 Å². The molecule has 0 amide bonds. The third-order valence-corrected chi connectivity index (χ3v) is 5.30. The van der Waals surface area contributed by atoms with Crippen molar-refractivity contribution in [3.63, 3.8) is 0 Å². The van der Waals surface area contributed by atoms with Crippen LogP contribution in [0.2, 0.25) is 0 Å². The Morgan fingerprint density at radius 1 is 0.607 bits per heavy atom. The van der Waals surface area contributed by atoms with Gasteiger partial charge in [-0.25, -0.2) is 0 Å². The van der Waals surface area contributed by atoms with Gasteiger partial charge in [-0.3, -0.25) is 0 Å². The van der Waals surface area contributed by atoms with Crippen molar-refractivity contribution < 1.29 is 0 Å². The molecule has 144 valence electrons.